The molecule has 2 N–H and O–H groups in total. The number of rotatable bonds is 7. The Morgan fingerprint density at radius 2 is 2.05 bits per heavy atom. The van der Waals surface area contributed by atoms with Crippen LogP contribution in [0.15, 0.2) is 6.07 Å². The zero-order valence-electron chi connectivity index (χ0n) is 13.0. The van der Waals surface area contributed by atoms with Gasteiger partial charge in [0, 0.05) is 38.7 Å². The van der Waals surface area contributed by atoms with Crippen LogP contribution >= 0.6 is 0 Å². The maximum Gasteiger partial charge on any atom is 0.220 e. The summed E-state index contributed by atoms with van der Waals surface area (Å²) in [6.45, 7) is 7.34. The first-order valence-electron chi connectivity index (χ1n) is 7.80. The lowest BCUT2D eigenvalue weighted by atomic mass is 10.3. The molecule has 0 saturated carbocycles. The largest absolute Gasteiger partial charge is 0.368 e. The van der Waals surface area contributed by atoms with Crippen LogP contribution in [-0.4, -0.2) is 42.1 Å². The quantitative estimate of drug-likeness (QED) is 0.749. The molecule has 6 nitrogen and oxygen atoms in total. The van der Waals surface area contributed by atoms with E-state index >= 15 is 0 Å². The number of hydrogen-bond acceptors (Lipinski definition) is 5. The molecule has 0 bridgehead atoms. The highest BCUT2D eigenvalue weighted by Crippen LogP contribution is 2.20. The molecule has 0 unspecified atom stereocenters. The second-order valence-corrected chi connectivity index (χ2v) is 5.38. The van der Waals surface area contributed by atoms with E-state index in [2.05, 4.69) is 25.5 Å². The molecule has 1 saturated heterocycles. The molecule has 0 spiro atoms. The Morgan fingerprint density at radius 3 is 2.76 bits per heavy atom. The highest BCUT2D eigenvalue weighted by molar-refractivity contribution is 5.75. The zero-order chi connectivity index (χ0) is 15.1. The Morgan fingerprint density at radius 1 is 1.29 bits per heavy atom. The molecule has 1 aromatic rings. The average molecular weight is 291 g/mol. The summed E-state index contributed by atoms with van der Waals surface area (Å²) in [6, 6.07) is 1.99. The Kier molecular flexibility index (Phi) is 5.78. The van der Waals surface area contributed by atoms with Crippen LogP contribution in [0.3, 0.4) is 0 Å². The number of aromatic nitrogens is 2. The van der Waals surface area contributed by atoms with Crippen molar-refractivity contribution in [2.24, 2.45) is 0 Å². The van der Waals surface area contributed by atoms with Gasteiger partial charge in [-0.1, -0.05) is 6.92 Å². The van der Waals surface area contributed by atoms with Crippen LogP contribution in [0.1, 0.15) is 38.4 Å². The van der Waals surface area contributed by atoms with Crippen LogP contribution in [0.2, 0.25) is 0 Å². The van der Waals surface area contributed by atoms with Gasteiger partial charge in [0.05, 0.1) is 0 Å². The predicted octanol–water partition coefficient (Wildman–Crippen LogP) is 1.71. The zero-order valence-corrected chi connectivity index (χ0v) is 13.0. The fourth-order valence-electron chi connectivity index (χ4n) is 2.46. The molecule has 1 aromatic heterocycles. The summed E-state index contributed by atoms with van der Waals surface area (Å²) < 4.78 is 0. The third kappa shape index (κ3) is 4.88. The lowest BCUT2D eigenvalue weighted by Gasteiger charge is -2.17. The number of aryl methyl sites for hydroxylation is 1. The Balaban J connectivity index is 1.84. The second-order valence-electron chi connectivity index (χ2n) is 5.38. The number of nitrogens with zero attached hydrogens (tertiary/aromatic N) is 3. The van der Waals surface area contributed by atoms with E-state index in [1.165, 1.54) is 12.8 Å². The van der Waals surface area contributed by atoms with Gasteiger partial charge in [0.25, 0.3) is 0 Å². The van der Waals surface area contributed by atoms with Gasteiger partial charge in [0.1, 0.15) is 17.5 Å². The molecule has 1 fully saturated rings. The van der Waals surface area contributed by atoms with Crippen molar-refractivity contribution in [1.29, 1.82) is 0 Å². The van der Waals surface area contributed by atoms with E-state index in [4.69, 9.17) is 0 Å². The normalized spacial score (nSPS) is 14.3. The number of carbonyl (C=O) groups is 1. The van der Waals surface area contributed by atoms with Gasteiger partial charge < -0.3 is 15.5 Å². The molecule has 6 heteroatoms. The molecule has 1 aliphatic rings. The van der Waals surface area contributed by atoms with E-state index in [9.17, 15) is 4.79 Å². The van der Waals surface area contributed by atoms with Crippen LogP contribution in [0.25, 0.3) is 0 Å². The van der Waals surface area contributed by atoms with Crippen molar-refractivity contribution in [2.45, 2.75) is 39.5 Å². The molecule has 2 rings (SSSR count). The topological polar surface area (TPSA) is 70.2 Å². The second kappa shape index (κ2) is 7.81. The summed E-state index contributed by atoms with van der Waals surface area (Å²) in [5.74, 6) is 2.71. The summed E-state index contributed by atoms with van der Waals surface area (Å²) in [7, 11) is 0. The minimum absolute atomic E-state index is 0.107. The molecule has 0 aromatic carbocycles. The predicted molar refractivity (Wildman–Crippen MR) is 84.6 cm³/mol. The highest BCUT2D eigenvalue weighted by atomic mass is 16.1. The maximum atomic E-state index is 11.4. The molecular formula is C15H25N5O. The van der Waals surface area contributed by atoms with Crippen LogP contribution in [-0.2, 0) is 4.79 Å². The van der Waals surface area contributed by atoms with E-state index < -0.39 is 0 Å². The minimum atomic E-state index is 0.107. The molecule has 2 heterocycles. The molecule has 0 radical (unpaired) electrons. The summed E-state index contributed by atoms with van der Waals surface area (Å²) in [4.78, 5) is 22.6. The standard InChI is InChI=1S/C15H25N5O/c1-3-6-15(21)17-8-7-16-13-11-14(19-12(2)18-13)20-9-4-5-10-20/h11H,3-10H2,1-2H3,(H,17,21)(H,16,18,19). The van der Waals surface area contributed by atoms with Gasteiger partial charge in [0.15, 0.2) is 0 Å². The molecule has 0 atom stereocenters. The lowest BCUT2D eigenvalue weighted by Crippen LogP contribution is -2.28. The molecule has 116 valence electrons. The number of anilines is 2. The lowest BCUT2D eigenvalue weighted by molar-refractivity contribution is -0.121. The average Bonchev–Trinajstić information content (AvgIpc) is 2.97. The smallest absolute Gasteiger partial charge is 0.220 e. The SMILES string of the molecule is CCCC(=O)NCCNc1cc(N2CCCC2)nc(C)n1. The maximum absolute atomic E-state index is 11.4. The van der Waals surface area contributed by atoms with Gasteiger partial charge in [-0.25, -0.2) is 9.97 Å². The Bertz CT molecular complexity index is 471. The van der Waals surface area contributed by atoms with Crippen molar-refractivity contribution in [3.63, 3.8) is 0 Å². The van der Waals surface area contributed by atoms with Crippen LogP contribution in [0, 0.1) is 6.92 Å². The number of hydrogen-bond donors (Lipinski definition) is 2. The molecular weight excluding hydrogens is 266 g/mol. The molecule has 1 aliphatic heterocycles. The van der Waals surface area contributed by atoms with Gasteiger partial charge in [-0.2, -0.15) is 0 Å². The van der Waals surface area contributed by atoms with Gasteiger partial charge in [0.2, 0.25) is 5.91 Å². The van der Waals surface area contributed by atoms with E-state index in [0.29, 0.717) is 19.5 Å². The third-order valence-corrected chi connectivity index (χ3v) is 3.48. The van der Waals surface area contributed by atoms with Gasteiger partial charge in [-0.05, 0) is 26.2 Å². The van der Waals surface area contributed by atoms with Crippen LogP contribution < -0.4 is 15.5 Å². The van der Waals surface area contributed by atoms with Gasteiger partial charge in [-0.3, -0.25) is 4.79 Å². The first kappa shape index (κ1) is 15.5. The van der Waals surface area contributed by atoms with E-state index in [-0.39, 0.29) is 5.91 Å². The van der Waals surface area contributed by atoms with Crippen molar-refractivity contribution >= 4 is 17.5 Å². The van der Waals surface area contributed by atoms with Gasteiger partial charge in [-0.15, -0.1) is 0 Å². The fourth-order valence-corrected chi connectivity index (χ4v) is 2.46. The summed E-state index contributed by atoms with van der Waals surface area (Å²) in [5, 5.41) is 6.14. The van der Waals surface area contributed by atoms with Crippen LogP contribution in [0.5, 0.6) is 0 Å². The van der Waals surface area contributed by atoms with Gasteiger partial charge >= 0.3 is 0 Å². The summed E-state index contributed by atoms with van der Waals surface area (Å²) >= 11 is 0. The van der Waals surface area contributed by atoms with E-state index in [1.807, 2.05) is 19.9 Å². The van der Waals surface area contributed by atoms with E-state index in [1.54, 1.807) is 0 Å². The highest BCUT2D eigenvalue weighted by Gasteiger charge is 2.14. The van der Waals surface area contributed by atoms with Crippen molar-refractivity contribution < 1.29 is 4.79 Å². The first-order valence-corrected chi connectivity index (χ1v) is 7.80. The molecule has 21 heavy (non-hydrogen) atoms. The molecule has 0 aliphatic carbocycles. The first-order chi connectivity index (χ1) is 10.2. The fraction of sp³-hybridized carbons (Fsp3) is 0.667. The van der Waals surface area contributed by atoms with Crippen molar-refractivity contribution in [3.8, 4) is 0 Å². The number of carbonyl (C=O) groups excluding carboxylic acids is 1. The van der Waals surface area contributed by atoms with Crippen LogP contribution in [0.4, 0.5) is 11.6 Å². The third-order valence-electron chi connectivity index (χ3n) is 3.48. The number of nitrogens with one attached hydrogen (secondary N) is 2. The van der Waals surface area contributed by atoms with Crippen molar-refractivity contribution in [2.75, 3.05) is 36.4 Å². The van der Waals surface area contributed by atoms with Crippen molar-refractivity contribution in [3.05, 3.63) is 11.9 Å². The summed E-state index contributed by atoms with van der Waals surface area (Å²) in [6.07, 6.45) is 3.93. The summed E-state index contributed by atoms with van der Waals surface area (Å²) in [5.41, 5.74) is 0. The Hall–Kier alpha value is -1.85. The van der Waals surface area contributed by atoms with Crippen molar-refractivity contribution in [1.82, 2.24) is 15.3 Å². The molecule has 1 amide bonds. The minimum Gasteiger partial charge on any atom is -0.368 e. The Labute approximate surface area is 126 Å². The number of amides is 1. The van der Waals surface area contributed by atoms with E-state index in [0.717, 1.165) is 37.0 Å². The monoisotopic (exact) mass is 291 g/mol.